The van der Waals surface area contributed by atoms with Crippen LogP contribution in [0.2, 0.25) is 0 Å². The molecule has 30 heavy (non-hydrogen) atoms. The molecule has 148 valence electrons. The van der Waals surface area contributed by atoms with Gasteiger partial charge in [-0.2, -0.15) is 0 Å². The van der Waals surface area contributed by atoms with Gasteiger partial charge in [-0.1, -0.05) is 42.0 Å². The van der Waals surface area contributed by atoms with Gasteiger partial charge in [-0.3, -0.25) is 14.4 Å². The Bertz CT molecular complexity index is 1290. The summed E-state index contributed by atoms with van der Waals surface area (Å²) in [4.78, 5) is 40.4. The maximum Gasteiger partial charge on any atom is 0.261 e. The van der Waals surface area contributed by atoms with Crippen LogP contribution in [0, 0.1) is 6.92 Å². The standard InChI is InChI=1S/C24H19N3O3/c1-15-10-12-16(13-11-15)22(28)26-20-8-5-9-21-18(20)14-19(24(30)27-21)23(29)25-17-6-3-2-4-7-17/h2-14H,1H3,(H,25,29)(H,26,28)(H,27,30). The molecule has 1 heterocycles. The van der Waals surface area contributed by atoms with E-state index in [2.05, 4.69) is 15.6 Å². The highest BCUT2D eigenvalue weighted by Gasteiger charge is 2.15. The normalized spacial score (nSPS) is 10.6. The van der Waals surface area contributed by atoms with Crippen molar-refractivity contribution in [2.45, 2.75) is 6.92 Å². The number of amides is 2. The average molecular weight is 397 g/mol. The average Bonchev–Trinajstić information content (AvgIpc) is 2.74. The molecule has 0 radical (unpaired) electrons. The summed E-state index contributed by atoms with van der Waals surface area (Å²) in [6.07, 6.45) is 0. The Morgan fingerprint density at radius 1 is 0.800 bits per heavy atom. The lowest BCUT2D eigenvalue weighted by atomic mass is 10.1. The molecule has 0 unspecified atom stereocenters. The van der Waals surface area contributed by atoms with Crippen LogP contribution in [0.3, 0.4) is 0 Å². The number of fused-ring (bicyclic) bond motifs is 1. The molecule has 0 aliphatic rings. The molecule has 2 amide bonds. The van der Waals surface area contributed by atoms with Crippen molar-refractivity contribution in [1.29, 1.82) is 0 Å². The number of carbonyl (C=O) groups is 2. The van der Waals surface area contributed by atoms with Gasteiger partial charge < -0.3 is 15.6 Å². The van der Waals surface area contributed by atoms with E-state index in [4.69, 9.17) is 0 Å². The molecule has 0 atom stereocenters. The van der Waals surface area contributed by atoms with Gasteiger partial charge in [0.1, 0.15) is 5.56 Å². The van der Waals surface area contributed by atoms with Crippen LogP contribution in [-0.4, -0.2) is 16.8 Å². The molecule has 6 nitrogen and oxygen atoms in total. The first-order valence-electron chi connectivity index (χ1n) is 9.42. The molecular weight excluding hydrogens is 378 g/mol. The van der Waals surface area contributed by atoms with Crippen molar-refractivity contribution in [1.82, 2.24) is 4.98 Å². The number of rotatable bonds is 4. The number of aromatic amines is 1. The number of pyridine rings is 1. The molecule has 6 heteroatoms. The summed E-state index contributed by atoms with van der Waals surface area (Å²) >= 11 is 0. The Hall–Kier alpha value is -4.19. The number of aryl methyl sites for hydroxylation is 1. The molecule has 3 aromatic carbocycles. The zero-order chi connectivity index (χ0) is 21.1. The fraction of sp³-hybridized carbons (Fsp3) is 0.0417. The third-order valence-corrected chi connectivity index (χ3v) is 4.73. The second-order valence-corrected chi connectivity index (χ2v) is 6.92. The van der Waals surface area contributed by atoms with Crippen molar-refractivity contribution in [3.63, 3.8) is 0 Å². The number of H-pyrrole nitrogens is 1. The van der Waals surface area contributed by atoms with Gasteiger partial charge in [0.15, 0.2) is 0 Å². The molecular formula is C24H19N3O3. The molecule has 0 spiro atoms. The van der Waals surface area contributed by atoms with Gasteiger partial charge in [-0.15, -0.1) is 0 Å². The Morgan fingerprint density at radius 3 is 2.27 bits per heavy atom. The Kier molecular flexibility index (Phi) is 5.13. The molecule has 4 aromatic rings. The molecule has 0 saturated heterocycles. The molecule has 0 fully saturated rings. The minimum atomic E-state index is -0.524. The van der Waals surface area contributed by atoms with Gasteiger partial charge in [0.2, 0.25) is 0 Å². The zero-order valence-electron chi connectivity index (χ0n) is 16.2. The third kappa shape index (κ3) is 3.98. The third-order valence-electron chi connectivity index (χ3n) is 4.73. The van der Waals surface area contributed by atoms with Crippen molar-refractivity contribution in [3.05, 3.63) is 106 Å². The topological polar surface area (TPSA) is 91.1 Å². The van der Waals surface area contributed by atoms with E-state index in [0.717, 1.165) is 5.56 Å². The number of hydrogen-bond donors (Lipinski definition) is 3. The maximum absolute atomic E-state index is 12.6. The highest BCUT2D eigenvalue weighted by atomic mass is 16.2. The van der Waals surface area contributed by atoms with Gasteiger partial charge in [0.25, 0.3) is 17.4 Å². The lowest BCUT2D eigenvalue weighted by Gasteiger charge is -2.11. The van der Waals surface area contributed by atoms with Crippen LogP contribution in [0.1, 0.15) is 26.3 Å². The van der Waals surface area contributed by atoms with Crippen LogP contribution in [0.25, 0.3) is 10.9 Å². The minimum Gasteiger partial charge on any atom is -0.322 e. The SMILES string of the molecule is Cc1ccc(C(=O)Nc2cccc3[nH]c(=O)c(C(=O)Nc4ccccc4)cc23)cc1. The number of carbonyl (C=O) groups excluding carboxylic acids is 2. The Balaban J connectivity index is 1.68. The van der Waals surface area contributed by atoms with E-state index in [1.165, 1.54) is 6.07 Å². The van der Waals surface area contributed by atoms with Crippen molar-refractivity contribution in [2.24, 2.45) is 0 Å². The molecule has 1 aromatic heterocycles. The summed E-state index contributed by atoms with van der Waals surface area (Å²) in [5.41, 5.74) is 2.65. The number of aromatic nitrogens is 1. The van der Waals surface area contributed by atoms with Crippen LogP contribution in [0.15, 0.2) is 83.7 Å². The summed E-state index contributed by atoms with van der Waals surface area (Å²) in [5, 5.41) is 6.14. The van der Waals surface area contributed by atoms with Gasteiger partial charge in [-0.05, 0) is 49.4 Å². The minimum absolute atomic E-state index is 0.0385. The van der Waals surface area contributed by atoms with Crippen LogP contribution in [0.5, 0.6) is 0 Å². The molecule has 0 bridgehead atoms. The van der Waals surface area contributed by atoms with Gasteiger partial charge in [0.05, 0.1) is 11.2 Å². The quantitative estimate of drug-likeness (QED) is 0.478. The maximum atomic E-state index is 12.6. The summed E-state index contributed by atoms with van der Waals surface area (Å²) in [5.74, 6) is -0.798. The summed E-state index contributed by atoms with van der Waals surface area (Å²) in [6.45, 7) is 1.95. The van der Waals surface area contributed by atoms with E-state index < -0.39 is 11.5 Å². The molecule has 0 aliphatic heterocycles. The van der Waals surface area contributed by atoms with Gasteiger partial charge in [-0.25, -0.2) is 0 Å². The smallest absolute Gasteiger partial charge is 0.261 e. The largest absolute Gasteiger partial charge is 0.322 e. The van der Waals surface area contributed by atoms with Crippen molar-refractivity contribution < 1.29 is 9.59 Å². The van der Waals surface area contributed by atoms with E-state index in [9.17, 15) is 14.4 Å². The highest BCUT2D eigenvalue weighted by Crippen LogP contribution is 2.23. The molecule has 0 saturated carbocycles. The van der Waals surface area contributed by atoms with Crippen LogP contribution < -0.4 is 16.2 Å². The first-order chi connectivity index (χ1) is 14.5. The zero-order valence-corrected chi connectivity index (χ0v) is 16.2. The first kappa shape index (κ1) is 19.1. The number of nitrogens with one attached hydrogen (secondary N) is 3. The highest BCUT2D eigenvalue weighted by molar-refractivity contribution is 6.11. The number of benzene rings is 3. The second kappa shape index (κ2) is 8.05. The van der Waals surface area contributed by atoms with Gasteiger partial charge >= 0.3 is 0 Å². The Labute approximate surface area is 172 Å². The van der Waals surface area contributed by atoms with E-state index >= 15 is 0 Å². The fourth-order valence-electron chi connectivity index (χ4n) is 3.13. The van der Waals surface area contributed by atoms with E-state index in [1.807, 2.05) is 25.1 Å². The van der Waals surface area contributed by atoms with Crippen molar-refractivity contribution in [2.75, 3.05) is 10.6 Å². The summed E-state index contributed by atoms with van der Waals surface area (Å²) in [6, 6.07) is 22.8. The molecule has 3 N–H and O–H groups in total. The Morgan fingerprint density at radius 2 is 1.53 bits per heavy atom. The second-order valence-electron chi connectivity index (χ2n) is 6.92. The van der Waals surface area contributed by atoms with Crippen LogP contribution >= 0.6 is 0 Å². The number of hydrogen-bond acceptors (Lipinski definition) is 3. The van der Waals surface area contributed by atoms with Crippen LogP contribution in [-0.2, 0) is 0 Å². The predicted molar refractivity (Wildman–Crippen MR) is 118 cm³/mol. The summed E-state index contributed by atoms with van der Waals surface area (Å²) in [7, 11) is 0. The number of para-hydroxylation sites is 1. The van der Waals surface area contributed by atoms with E-state index in [1.54, 1.807) is 54.6 Å². The molecule has 0 aliphatic carbocycles. The number of anilines is 2. The molecule has 4 rings (SSSR count). The van der Waals surface area contributed by atoms with Crippen molar-refractivity contribution in [3.8, 4) is 0 Å². The predicted octanol–water partition coefficient (Wildman–Crippen LogP) is 4.34. The lowest BCUT2D eigenvalue weighted by Crippen LogP contribution is -2.23. The first-order valence-corrected chi connectivity index (χ1v) is 9.42. The lowest BCUT2D eigenvalue weighted by molar-refractivity contribution is 0.101. The van der Waals surface area contributed by atoms with Gasteiger partial charge in [0, 0.05) is 16.6 Å². The monoisotopic (exact) mass is 397 g/mol. The fourth-order valence-corrected chi connectivity index (χ4v) is 3.13. The van der Waals surface area contributed by atoms with E-state index in [-0.39, 0.29) is 11.5 Å². The summed E-state index contributed by atoms with van der Waals surface area (Å²) < 4.78 is 0. The van der Waals surface area contributed by atoms with E-state index in [0.29, 0.717) is 27.8 Å². The van der Waals surface area contributed by atoms with Crippen LogP contribution in [0.4, 0.5) is 11.4 Å². The van der Waals surface area contributed by atoms with Crippen molar-refractivity contribution >= 4 is 34.1 Å².